The molecule has 0 aliphatic heterocycles. The summed E-state index contributed by atoms with van der Waals surface area (Å²) in [5.74, 6) is -1.90. The van der Waals surface area contributed by atoms with Crippen molar-refractivity contribution >= 4 is 18.0 Å². The SMILES string of the molecule is C=CCCC(C)(C)NC(=O)C(CC(=O)O)NC(=O)OCC1c2ccccc2-c2ccccc21. The summed E-state index contributed by atoms with van der Waals surface area (Å²) < 4.78 is 5.46. The fourth-order valence-electron chi connectivity index (χ4n) is 4.11. The molecule has 0 radical (unpaired) electrons. The minimum Gasteiger partial charge on any atom is -0.481 e. The molecular formula is C26H30N2O5. The summed E-state index contributed by atoms with van der Waals surface area (Å²) >= 11 is 0. The summed E-state index contributed by atoms with van der Waals surface area (Å²) in [5, 5.41) is 14.5. The van der Waals surface area contributed by atoms with Gasteiger partial charge in [0.25, 0.3) is 0 Å². The highest BCUT2D eigenvalue weighted by molar-refractivity contribution is 5.89. The van der Waals surface area contributed by atoms with Crippen molar-refractivity contribution in [3.05, 3.63) is 72.3 Å². The molecule has 33 heavy (non-hydrogen) atoms. The summed E-state index contributed by atoms with van der Waals surface area (Å²) in [7, 11) is 0. The van der Waals surface area contributed by atoms with E-state index in [9.17, 15) is 19.5 Å². The Kier molecular flexibility index (Phi) is 7.53. The molecule has 1 aliphatic carbocycles. The van der Waals surface area contributed by atoms with E-state index in [2.05, 4.69) is 17.2 Å². The van der Waals surface area contributed by atoms with Gasteiger partial charge in [-0.05, 0) is 48.9 Å². The van der Waals surface area contributed by atoms with Gasteiger partial charge >= 0.3 is 12.1 Å². The standard InChI is InChI=1S/C26H30N2O5/c1-4-5-14-26(2,3)28-24(31)22(15-23(29)30)27-25(32)33-16-21-19-12-8-6-10-17(19)18-11-7-9-13-20(18)21/h4,6-13,21-22H,1,5,14-16H2,2-3H3,(H,27,32)(H,28,31)(H,29,30). The van der Waals surface area contributed by atoms with Gasteiger partial charge in [0.15, 0.2) is 0 Å². The molecular weight excluding hydrogens is 420 g/mol. The van der Waals surface area contributed by atoms with Crippen LogP contribution < -0.4 is 10.6 Å². The van der Waals surface area contributed by atoms with Crippen molar-refractivity contribution < 1.29 is 24.2 Å². The lowest BCUT2D eigenvalue weighted by atomic mass is 9.97. The number of carboxylic acid groups (broad SMARTS) is 1. The summed E-state index contributed by atoms with van der Waals surface area (Å²) in [6, 6.07) is 14.7. The number of nitrogens with one attached hydrogen (secondary N) is 2. The number of aliphatic carboxylic acids is 1. The second kappa shape index (κ2) is 10.3. The van der Waals surface area contributed by atoms with Crippen LogP contribution in [0.1, 0.15) is 50.2 Å². The third-order valence-corrected chi connectivity index (χ3v) is 5.77. The van der Waals surface area contributed by atoms with Crippen molar-refractivity contribution in [3.8, 4) is 11.1 Å². The first-order valence-corrected chi connectivity index (χ1v) is 11.0. The average Bonchev–Trinajstić information content (AvgIpc) is 3.09. The highest BCUT2D eigenvalue weighted by Crippen LogP contribution is 2.44. The van der Waals surface area contributed by atoms with Crippen molar-refractivity contribution in [2.45, 2.75) is 50.6 Å². The van der Waals surface area contributed by atoms with Crippen LogP contribution in [0.3, 0.4) is 0 Å². The van der Waals surface area contributed by atoms with Crippen molar-refractivity contribution in [1.82, 2.24) is 10.6 Å². The quantitative estimate of drug-likeness (QED) is 0.470. The van der Waals surface area contributed by atoms with Crippen LogP contribution in [-0.2, 0) is 14.3 Å². The molecule has 1 unspecified atom stereocenters. The Morgan fingerprint density at radius 2 is 1.67 bits per heavy atom. The number of carbonyl (C=O) groups is 3. The zero-order valence-corrected chi connectivity index (χ0v) is 19.0. The fraction of sp³-hybridized carbons (Fsp3) is 0.346. The molecule has 0 bridgehead atoms. The highest BCUT2D eigenvalue weighted by Gasteiger charge is 2.31. The number of carbonyl (C=O) groups excluding carboxylic acids is 2. The Balaban J connectivity index is 1.66. The van der Waals surface area contributed by atoms with E-state index in [0.717, 1.165) is 22.3 Å². The van der Waals surface area contributed by atoms with Gasteiger partial charge in [0, 0.05) is 11.5 Å². The Hall–Kier alpha value is -3.61. The summed E-state index contributed by atoms with van der Waals surface area (Å²) in [6.45, 7) is 7.42. The van der Waals surface area contributed by atoms with Crippen LogP contribution in [-0.4, -0.2) is 41.3 Å². The number of hydrogen-bond acceptors (Lipinski definition) is 4. The molecule has 2 aromatic rings. The van der Waals surface area contributed by atoms with Crippen molar-refractivity contribution in [2.75, 3.05) is 6.61 Å². The lowest BCUT2D eigenvalue weighted by molar-refractivity contribution is -0.140. The number of carboxylic acids is 1. The molecule has 7 heteroatoms. The van der Waals surface area contributed by atoms with Crippen molar-refractivity contribution in [2.24, 2.45) is 0 Å². The second-order valence-corrected chi connectivity index (χ2v) is 8.82. The Morgan fingerprint density at radius 1 is 1.09 bits per heavy atom. The molecule has 0 saturated carbocycles. The van der Waals surface area contributed by atoms with Gasteiger partial charge in [0.05, 0.1) is 6.42 Å². The van der Waals surface area contributed by atoms with E-state index in [4.69, 9.17) is 4.74 Å². The van der Waals surface area contributed by atoms with Gasteiger partial charge in [-0.3, -0.25) is 9.59 Å². The zero-order chi connectivity index (χ0) is 24.0. The van der Waals surface area contributed by atoms with Crippen LogP contribution in [0.15, 0.2) is 61.2 Å². The van der Waals surface area contributed by atoms with Crippen LogP contribution in [0, 0.1) is 0 Å². The number of allylic oxidation sites excluding steroid dienone is 1. The maximum Gasteiger partial charge on any atom is 0.407 e. The largest absolute Gasteiger partial charge is 0.481 e. The number of amides is 2. The van der Waals surface area contributed by atoms with Gasteiger partial charge in [0.1, 0.15) is 12.6 Å². The number of rotatable bonds is 10. The van der Waals surface area contributed by atoms with Crippen LogP contribution >= 0.6 is 0 Å². The lowest BCUT2D eigenvalue weighted by Crippen LogP contribution is -2.54. The van der Waals surface area contributed by atoms with E-state index < -0.39 is 36.0 Å². The number of benzene rings is 2. The minimum atomic E-state index is -1.25. The molecule has 3 rings (SSSR count). The molecule has 0 aromatic heterocycles. The number of alkyl carbamates (subject to hydrolysis) is 1. The highest BCUT2D eigenvalue weighted by atomic mass is 16.5. The summed E-state index contributed by atoms with van der Waals surface area (Å²) in [6.07, 6.45) is 1.69. The molecule has 1 aliphatic rings. The van der Waals surface area contributed by atoms with E-state index in [1.165, 1.54) is 0 Å². The molecule has 1 atom stereocenters. The summed E-state index contributed by atoms with van der Waals surface area (Å²) in [4.78, 5) is 36.5. The van der Waals surface area contributed by atoms with Gasteiger partial charge < -0.3 is 20.5 Å². The first-order chi connectivity index (χ1) is 15.7. The molecule has 0 fully saturated rings. The predicted octanol–water partition coefficient (Wildman–Crippen LogP) is 4.23. The molecule has 2 aromatic carbocycles. The summed E-state index contributed by atoms with van der Waals surface area (Å²) in [5.41, 5.74) is 3.76. The van der Waals surface area contributed by atoms with Gasteiger partial charge in [-0.15, -0.1) is 6.58 Å². The first-order valence-electron chi connectivity index (χ1n) is 11.0. The van der Waals surface area contributed by atoms with Crippen LogP contribution in [0.4, 0.5) is 4.79 Å². The Bertz CT molecular complexity index is 1000. The van der Waals surface area contributed by atoms with E-state index in [-0.39, 0.29) is 12.5 Å². The van der Waals surface area contributed by atoms with E-state index in [1.54, 1.807) is 6.08 Å². The number of hydrogen-bond donors (Lipinski definition) is 3. The Labute approximate surface area is 193 Å². The monoisotopic (exact) mass is 450 g/mol. The minimum absolute atomic E-state index is 0.0755. The zero-order valence-electron chi connectivity index (χ0n) is 19.0. The Morgan fingerprint density at radius 3 is 2.21 bits per heavy atom. The van der Waals surface area contributed by atoms with Crippen LogP contribution in [0.2, 0.25) is 0 Å². The smallest absolute Gasteiger partial charge is 0.407 e. The average molecular weight is 451 g/mol. The van der Waals surface area contributed by atoms with Gasteiger partial charge in [0.2, 0.25) is 5.91 Å². The maximum absolute atomic E-state index is 12.7. The number of fused-ring (bicyclic) bond motifs is 3. The van der Waals surface area contributed by atoms with Crippen LogP contribution in [0.5, 0.6) is 0 Å². The van der Waals surface area contributed by atoms with Gasteiger partial charge in [-0.2, -0.15) is 0 Å². The third-order valence-electron chi connectivity index (χ3n) is 5.77. The maximum atomic E-state index is 12.7. The first kappa shape index (κ1) is 24.0. The molecule has 0 saturated heterocycles. The third kappa shape index (κ3) is 6.00. The van der Waals surface area contributed by atoms with Gasteiger partial charge in [-0.1, -0.05) is 54.6 Å². The van der Waals surface area contributed by atoms with E-state index in [1.807, 2.05) is 62.4 Å². The fourth-order valence-corrected chi connectivity index (χ4v) is 4.11. The van der Waals surface area contributed by atoms with Crippen molar-refractivity contribution in [1.29, 1.82) is 0 Å². The molecule has 0 spiro atoms. The topological polar surface area (TPSA) is 105 Å². The van der Waals surface area contributed by atoms with E-state index >= 15 is 0 Å². The van der Waals surface area contributed by atoms with Crippen LogP contribution in [0.25, 0.3) is 11.1 Å². The molecule has 0 heterocycles. The number of ether oxygens (including phenoxy) is 1. The second-order valence-electron chi connectivity index (χ2n) is 8.82. The predicted molar refractivity (Wildman–Crippen MR) is 126 cm³/mol. The molecule has 2 amide bonds. The molecule has 7 nitrogen and oxygen atoms in total. The molecule has 3 N–H and O–H groups in total. The van der Waals surface area contributed by atoms with Crippen molar-refractivity contribution in [3.63, 3.8) is 0 Å². The lowest BCUT2D eigenvalue weighted by Gasteiger charge is -2.28. The van der Waals surface area contributed by atoms with Gasteiger partial charge in [-0.25, -0.2) is 4.79 Å². The normalized spacial score (nSPS) is 13.4. The molecule has 174 valence electrons. The van der Waals surface area contributed by atoms with E-state index in [0.29, 0.717) is 12.8 Å².